The Labute approximate surface area is 118 Å². The van der Waals surface area contributed by atoms with E-state index in [-0.39, 0.29) is 17.7 Å². The van der Waals surface area contributed by atoms with E-state index in [9.17, 15) is 0 Å². The van der Waals surface area contributed by atoms with Crippen molar-refractivity contribution >= 4 is 30.2 Å². The summed E-state index contributed by atoms with van der Waals surface area (Å²) < 4.78 is 2.74. The van der Waals surface area contributed by atoms with E-state index in [1.807, 2.05) is 0 Å². The van der Waals surface area contributed by atoms with Gasteiger partial charge in [-0.3, -0.25) is 0 Å². The number of nitrogens with one attached hydrogen (secondary N) is 2. The van der Waals surface area contributed by atoms with Crippen LogP contribution in [0.25, 0.3) is 21.8 Å². The molecule has 0 unspecified atom stereocenters. The van der Waals surface area contributed by atoms with Crippen LogP contribution >= 0.6 is 0 Å². The number of rotatable bonds is 2. The van der Waals surface area contributed by atoms with Crippen LogP contribution in [0.5, 0.6) is 0 Å². The van der Waals surface area contributed by atoms with Crippen molar-refractivity contribution in [3.63, 3.8) is 0 Å². The normalized spacial score (nSPS) is 11.6. The molecular formula is C16H12IrN2. The molecular weight excluding hydrogens is 412 g/mol. The van der Waals surface area contributed by atoms with Gasteiger partial charge < -0.3 is 0 Å². The number of aromatic nitrogens is 2. The third kappa shape index (κ3) is 2.01. The molecule has 2 aromatic carbocycles. The molecule has 0 saturated carbocycles. The molecule has 2 N–H and O–H groups in total. The van der Waals surface area contributed by atoms with E-state index in [2.05, 4.69) is 70.6 Å². The van der Waals surface area contributed by atoms with E-state index in [0.717, 1.165) is 0 Å². The topological polar surface area (TPSA) is 31.6 Å². The van der Waals surface area contributed by atoms with Crippen LogP contribution in [0.4, 0.5) is 0 Å². The molecule has 95 valence electrons. The summed E-state index contributed by atoms with van der Waals surface area (Å²) in [6.07, 6.45) is 0. The summed E-state index contributed by atoms with van der Waals surface area (Å²) in [4.78, 5) is 7.05. The van der Waals surface area contributed by atoms with Gasteiger partial charge in [0.25, 0.3) is 0 Å². The van der Waals surface area contributed by atoms with Gasteiger partial charge in [0.05, 0.1) is 0 Å². The van der Waals surface area contributed by atoms with Crippen LogP contribution in [0.3, 0.4) is 0 Å². The van der Waals surface area contributed by atoms with Crippen molar-refractivity contribution in [2.45, 2.75) is 0 Å². The van der Waals surface area contributed by atoms with Gasteiger partial charge in [-0.05, 0) is 0 Å². The number of H-pyrrole nitrogens is 2. The fourth-order valence-corrected chi connectivity index (χ4v) is 4.97. The van der Waals surface area contributed by atoms with E-state index in [1.54, 1.807) is 0 Å². The Kier molecular flexibility index (Phi) is 2.54. The third-order valence-electron chi connectivity index (χ3n) is 3.15. The Hall–Kier alpha value is -1.83. The van der Waals surface area contributed by atoms with Gasteiger partial charge in [0, 0.05) is 0 Å². The van der Waals surface area contributed by atoms with Gasteiger partial charge in [0.2, 0.25) is 0 Å². The molecule has 0 aliphatic heterocycles. The predicted octanol–water partition coefficient (Wildman–Crippen LogP) is 2.68. The van der Waals surface area contributed by atoms with E-state index < -0.39 is 0 Å². The second-order valence-corrected chi connectivity index (χ2v) is 7.62. The first-order valence-electron chi connectivity index (χ1n) is 6.14. The summed E-state index contributed by atoms with van der Waals surface area (Å²) in [5.41, 5.74) is 2.47. The van der Waals surface area contributed by atoms with Crippen LogP contribution in [0.15, 0.2) is 60.7 Å². The molecule has 0 bridgehead atoms. The second-order valence-electron chi connectivity index (χ2n) is 4.44. The third-order valence-corrected chi connectivity index (χ3v) is 5.73. The van der Waals surface area contributed by atoms with Crippen molar-refractivity contribution in [2.75, 3.05) is 0 Å². The molecule has 0 radical (unpaired) electrons. The van der Waals surface area contributed by atoms with Crippen molar-refractivity contribution in [2.24, 2.45) is 0 Å². The Morgan fingerprint density at radius 1 is 0.632 bits per heavy atom. The summed E-state index contributed by atoms with van der Waals surface area (Å²) >= 11 is -0.327. The van der Waals surface area contributed by atoms with Crippen LogP contribution in [0.2, 0.25) is 0 Å². The summed E-state index contributed by atoms with van der Waals surface area (Å²) in [6, 6.07) is 21.5. The van der Waals surface area contributed by atoms with Gasteiger partial charge in [0.15, 0.2) is 0 Å². The molecule has 0 fully saturated rings. The SMILES string of the molecule is c1ccc2[nH][c]([Ir][c]3cc4ccccc4[nH]3)cc2c1. The van der Waals surface area contributed by atoms with E-state index >= 15 is 0 Å². The van der Waals surface area contributed by atoms with Gasteiger partial charge >= 0.3 is 119 Å². The van der Waals surface area contributed by atoms with E-state index in [1.165, 1.54) is 30.2 Å². The standard InChI is InChI=1S/2C8H6N.Ir/c2*1-2-4-8-7(3-1)5-6-9-8;/h2*1-5,9H;. The molecule has 2 nitrogen and oxygen atoms in total. The molecule has 3 heteroatoms. The molecule has 2 aromatic heterocycles. The van der Waals surface area contributed by atoms with Gasteiger partial charge in [-0.15, -0.1) is 0 Å². The summed E-state index contributed by atoms with van der Waals surface area (Å²) in [5, 5.41) is 2.61. The minimum absolute atomic E-state index is 0.327. The Bertz CT molecular complexity index is 719. The van der Waals surface area contributed by atoms with Crippen molar-refractivity contribution < 1.29 is 17.7 Å². The Morgan fingerprint density at radius 2 is 1.11 bits per heavy atom. The van der Waals surface area contributed by atoms with E-state index in [0.29, 0.717) is 0 Å². The maximum atomic E-state index is 3.52. The molecule has 0 aliphatic rings. The number of benzene rings is 2. The van der Waals surface area contributed by atoms with Crippen molar-refractivity contribution in [1.82, 2.24) is 9.97 Å². The Balaban J connectivity index is 1.73. The fourth-order valence-electron chi connectivity index (χ4n) is 2.24. The zero-order valence-electron chi connectivity index (χ0n) is 10.1. The maximum absolute atomic E-state index is 3.52. The number of hydrogen-bond donors (Lipinski definition) is 2. The Morgan fingerprint density at radius 3 is 1.58 bits per heavy atom. The number of fused-ring (bicyclic) bond motifs is 2. The van der Waals surface area contributed by atoms with Crippen molar-refractivity contribution in [3.05, 3.63) is 60.7 Å². The first-order valence-corrected chi connectivity index (χ1v) is 8.54. The summed E-state index contributed by atoms with van der Waals surface area (Å²) in [5.74, 6) is 0. The van der Waals surface area contributed by atoms with Gasteiger partial charge in [-0.25, -0.2) is 0 Å². The molecule has 0 amide bonds. The first-order chi connectivity index (χ1) is 9.38. The number of para-hydroxylation sites is 2. The molecule has 4 rings (SSSR count). The fraction of sp³-hybridized carbons (Fsp3) is 0. The molecule has 0 aliphatic carbocycles. The summed E-state index contributed by atoms with van der Waals surface area (Å²) in [7, 11) is 0. The molecule has 19 heavy (non-hydrogen) atoms. The predicted molar refractivity (Wildman–Crippen MR) is 75.9 cm³/mol. The summed E-state index contributed by atoms with van der Waals surface area (Å²) in [6.45, 7) is 0. The van der Waals surface area contributed by atoms with Crippen LogP contribution < -0.4 is 8.42 Å². The molecule has 2 heterocycles. The number of aromatic amines is 2. The average Bonchev–Trinajstić information content (AvgIpc) is 3.00. The monoisotopic (exact) mass is 425 g/mol. The van der Waals surface area contributed by atoms with Crippen molar-refractivity contribution in [3.8, 4) is 0 Å². The van der Waals surface area contributed by atoms with Gasteiger partial charge in [-0.2, -0.15) is 0 Å². The zero-order valence-corrected chi connectivity index (χ0v) is 12.5. The van der Waals surface area contributed by atoms with Crippen LogP contribution in [0, 0.1) is 0 Å². The minimum atomic E-state index is -0.327. The van der Waals surface area contributed by atoms with Crippen LogP contribution in [-0.2, 0) is 17.7 Å². The van der Waals surface area contributed by atoms with Crippen LogP contribution in [-0.4, -0.2) is 9.97 Å². The molecule has 0 atom stereocenters. The average molecular weight is 425 g/mol. The van der Waals surface area contributed by atoms with Gasteiger partial charge in [0.1, 0.15) is 0 Å². The first kappa shape index (κ1) is 11.0. The molecule has 0 spiro atoms. The quantitative estimate of drug-likeness (QED) is 0.496. The zero-order chi connectivity index (χ0) is 12.7. The molecule has 4 aromatic rings. The second kappa shape index (κ2) is 4.37. The molecule has 0 saturated heterocycles. The van der Waals surface area contributed by atoms with E-state index in [4.69, 9.17) is 0 Å². The van der Waals surface area contributed by atoms with Crippen molar-refractivity contribution in [1.29, 1.82) is 0 Å². The number of hydrogen-bond acceptors (Lipinski definition) is 0. The van der Waals surface area contributed by atoms with Gasteiger partial charge in [-0.1, -0.05) is 0 Å². The van der Waals surface area contributed by atoms with Crippen LogP contribution in [0.1, 0.15) is 0 Å².